The van der Waals surface area contributed by atoms with Crippen molar-refractivity contribution in [1.82, 2.24) is 20.2 Å². The van der Waals surface area contributed by atoms with Crippen LogP contribution in [0.5, 0.6) is 0 Å². The lowest BCUT2D eigenvalue weighted by atomic mass is 10.4. The highest BCUT2D eigenvalue weighted by molar-refractivity contribution is 6.34. The summed E-state index contributed by atoms with van der Waals surface area (Å²) in [5, 5.41) is 18.6. The molecule has 2 heterocycles. The third kappa shape index (κ3) is 2.12. The molecule has 4 N–H and O–H groups in total. The van der Waals surface area contributed by atoms with Crippen molar-refractivity contribution in [3.05, 3.63) is 16.6 Å². The minimum atomic E-state index is -1.16. The smallest absolute Gasteiger partial charge is 0.351 e. The number of H-pyrrole nitrogens is 2. The van der Waals surface area contributed by atoms with Crippen LogP contribution < -0.4 is 11.0 Å². The lowest BCUT2D eigenvalue weighted by Crippen LogP contribution is -2.14. The molecule has 0 saturated carbocycles. The minimum absolute atomic E-state index is 0.0346. The molecule has 88 valence electrons. The first-order chi connectivity index (χ1) is 8.08. The molecule has 17 heavy (non-hydrogen) atoms. The second kappa shape index (κ2) is 4.04. The van der Waals surface area contributed by atoms with Gasteiger partial charge in [0.15, 0.2) is 5.65 Å². The summed E-state index contributed by atoms with van der Waals surface area (Å²) in [5.74, 6) is -1.13. The number of hydrogen-bond donors (Lipinski definition) is 4. The van der Waals surface area contributed by atoms with E-state index >= 15 is 0 Å². The van der Waals surface area contributed by atoms with Crippen LogP contribution in [-0.4, -0.2) is 37.0 Å². The van der Waals surface area contributed by atoms with Gasteiger partial charge in [0.25, 0.3) is 5.56 Å². The van der Waals surface area contributed by atoms with E-state index in [1.807, 2.05) is 0 Å². The van der Waals surface area contributed by atoms with E-state index in [0.717, 1.165) is 0 Å². The van der Waals surface area contributed by atoms with Crippen LogP contribution in [0.3, 0.4) is 0 Å². The van der Waals surface area contributed by atoms with Gasteiger partial charge in [0.1, 0.15) is 11.1 Å². The van der Waals surface area contributed by atoms with E-state index in [9.17, 15) is 9.59 Å². The van der Waals surface area contributed by atoms with E-state index in [4.69, 9.17) is 5.11 Å². The molecule has 0 atom stereocenters. The molecular weight excluding hydrogens is 228 g/mol. The number of carboxylic acids is 1. The Morgan fingerprint density at radius 2 is 2.35 bits per heavy atom. The van der Waals surface area contributed by atoms with Gasteiger partial charge in [-0.3, -0.25) is 14.9 Å². The van der Waals surface area contributed by atoms with Crippen molar-refractivity contribution in [2.75, 3.05) is 5.43 Å². The zero-order valence-corrected chi connectivity index (χ0v) is 8.68. The molecule has 0 fully saturated rings. The third-order valence-electron chi connectivity index (χ3n) is 1.96. The van der Waals surface area contributed by atoms with Gasteiger partial charge in [0.05, 0.1) is 6.20 Å². The maximum absolute atomic E-state index is 11.5. The largest absolute Gasteiger partial charge is 0.477 e. The maximum atomic E-state index is 11.5. The second-order valence-electron chi connectivity index (χ2n) is 3.16. The van der Waals surface area contributed by atoms with Gasteiger partial charge in [0, 0.05) is 0 Å². The van der Waals surface area contributed by atoms with E-state index in [1.54, 1.807) is 0 Å². The fraction of sp³-hybridized carbons (Fsp3) is 0.125. The molecule has 9 heteroatoms. The molecule has 0 aliphatic carbocycles. The number of carbonyl (C=O) groups is 1. The second-order valence-corrected chi connectivity index (χ2v) is 3.16. The van der Waals surface area contributed by atoms with Crippen LogP contribution in [0.15, 0.2) is 16.1 Å². The third-order valence-corrected chi connectivity index (χ3v) is 1.96. The zero-order valence-electron chi connectivity index (χ0n) is 8.68. The van der Waals surface area contributed by atoms with Gasteiger partial charge in [-0.25, -0.2) is 10.2 Å². The first kappa shape index (κ1) is 10.8. The van der Waals surface area contributed by atoms with Gasteiger partial charge < -0.3 is 5.11 Å². The standard InChI is InChI=1S/C8H8N6O3/c1-3(7(16)17)12-14-8-10-5-4(2-9-13-5)6(15)11-8/h2H,1H3,(H,16,17)(H3,9,10,11,13,14,15). The molecule has 0 unspecified atom stereocenters. The quantitative estimate of drug-likeness (QED) is 0.419. The Balaban J connectivity index is 2.34. The summed E-state index contributed by atoms with van der Waals surface area (Å²) in [7, 11) is 0. The highest BCUT2D eigenvalue weighted by Gasteiger charge is 2.05. The Hall–Kier alpha value is -2.71. The monoisotopic (exact) mass is 236 g/mol. The van der Waals surface area contributed by atoms with Crippen molar-refractivity contribution in [2.24, 2.45) is 5.10 Å². The van der Waals surface area contributed by atoms with Crippen molar-refractivity contribution in [3.63, 3.8) is 0 Å². The molecule has 2 aromatic heterocycles. The number of aromatic nitrogens is 4. The lowest BCUT2D eigenvalue weighted by Gasteiger charge is -1.99. The Labute approximate surface area is 93.6 Å². The molecule has 0 spiro atoms. The number of aromatic amines is 2. The number of nitrogens with one attached hydrogen (secondary N) is 3. The highest BCUT2D eigenvalue weighted by Crippen LogP contribution is 2.03. The van der Waals surface area contributed by atoms with Crippen molar-refractivity contribution in [2.45, 2.75) is 6.92 Å². The van der Waals surface area contributed by atoms with Crippen molar-refractivity contribution in [1.29, 1.82) is 0 Å². The number of aliphatic carboxylic acids is 1. The van der Waals surface area contributed by atoms with E-state index in [2.05, 4.69) is 30.7 Å². The van der Waals surface area contributed by atoms with Crippen molar-refractivity contribution >= 4 is 28.7 Å². The molecule has 2 rings (SSSR count). The fourth-order valence-corrected chi connectivity index (χ4v) is 1.08. The molecule has 0 radical (unpaired) electrons. The summed E-state index contributed by atoms with van der Waals surface area (Å²) in [6.07, 6.45) is 1.34. The van der Waals surface area contributed by atoms with Gasteiger partial charge >= 0.3 is 5.97 Å². The van der Waals surface area contributed by atoms with Crippen LogP contribution in [0.1, 0.15) is 6.92 Å². The molecule has 0 aliphatic rings. The average molecular weight is 236 g/mol. The van der Waals surface area contributed by atoms with E-state index in [-0.39, 0.29) is 11.7 Å². The summed E-state index contributed by atoms with van der Waals surface area (Å²) in [6.45, 7) is 1.31. The van der Waals surface area contributed by atoms with Crippen LogP contribution in [0, 0.1) is 0 Å². The molecule has 0 aliphatic heterocycles. The number of fused-ring (bicyclic) bond motifs is 1. The van der Waals surface area contributed by atoms with Gasteiger partial charge in [-0.05, 0) is 6.92 Å². The van der Waals surface area contributed by atoms with Gasteiger partial charge in [-0.1, -0.05) is 0 Å². The number of anilines is 1. The van der Waals surface area contributed by atoms with Crippen LogP contribution in [0.4, 0.5) is 5.95 Å². The number of hydrazone groups is 1. The molecule has 2 aromatic rings. The predicted octanol–water partition coefficient (Wildman–Crippen LogP) is -0.481. The molecule has 0 bridgehead atoms. The molecular formula is C8H8N6O3. The summed E-state index contributed by atoms with van der Waals surface area (Å²) < 4.78 is 0. The summed E-state index contributed by atoms with van der Waals surface area (Å²) >= 11 is 0. The van der Waals surface area contributed by atoms with Crippen LogP contribution in [-0.2, 0) is 4.79 Å². The molecule has 0 saturated heterocycles. The van der Waals surface area contributed by atoms with E-state index in [1.165, 1.54) is 13.1 Å². The Kier molecular flexibility index (Phi) is 2.57. The molecule has 0 aromatic carbocycles. The number of nitrogens with zero attached hydrogens (tertiary/aromatic N) is 3. The number of carboxylic acid groups (broad SMARTS) is 1. The number of hydrogen-bond acceptors (Lipinski definition) is 6. The lowest BCUT2D eigenvalue weighted by molar-refractivity contribution is -0.129. The normalized spacial score (nSPS) is 11.7. The van der Waals surface area contributed by atoms with Gasteiger partial charge in [-0.15, -0.1) is 0 Å². The Morgan fingerprint density at radius 3 is 3.06 bits per heavy atom. The van der Waals surface area contributed by atoms with Crippen molar-refractivity contribution < 1.29 is 9.90 Å². The first-order valence-electron chi connectivity index (χ1n) is 4.55. The minimum Gasteiger partial charge on any atom is -0.477 e. The maximum Gasteiger partial charge on any atom is 0.351 e. The summed E-state index contributed by atoms with van der Waals surface area (Å²) in [4.78, 5) is 28.3. The van der Waals surface area contributed by atoms with Crippen LogP contribution in [0.25, 0.3) is 11.0 Å². The van der Waals surface area contributed by atoms with Crippen molar-refractivity contribution in [3.8, 4) is 0 Å². The molecule has 9 nitrogen and oxygen atoms in total. The van der Waals surface area contributed by atoms with Gasteiger partial charge in [-0.2, -0.15) is 15.2 Å². The molecule has 0 amide bonds. The SMILES string of the molecule is CC(=NNc1nc2[nH]ncc2c(=O)[nH]1)C(=O)O. The summed E-state index contributed by atoms with van der Waals surface area (Å²) in [6, 6.07) is 0. The zero-order chi connectivity index (χ0) is 12.4. The topological polar surface area (TPSA) is 136 Å². The Morgan fingerprint density at radius 1 is 1.59 bits per heavy atom. The Bertz CT molecular complexity index is 655. The predicted molar refractivity (Wildman–Crippen MR) is 58.9 cm³/mol. The van der Waals surface area contributed by atoms with E-state index < -0.39 is 11.5 Å². The summed E-state index contributed by atoms with van der Waals surface area (Å²) in [5.41, 5.74) is 2.08. The number of rotatable bonds is 3. The first-order valence-corrected chi connectivity index (χ1v) is 4.55. The fourth-order valence-electron chi connectivity index (χ4n) is 1.08. The van der Waals surface area contributed by atoms with E-state index in [0.29, 0.717) is 11.0 Å². The van der Waals surface area contributed by atoms with Gasteiger partial charge in [0.2, 0.25) is 5.95 Å². The van der Waals surface area contributed by atoms with Crippen LogP contribution >= 0.6 is 0 Å². The van der Waals surface area contributed by atoms with Crippen LogP contribution in [0.2, 0.25) is 0 Å². The highest BCUT2D eigenvalue weighted by atomic mass is 16.4. The average Bonchev–Trinajstić information content (AvgIpc) is 2.74.